The molecule has 1 atom stereocenters. The van der Waals surface area contributed by atoms with Crippen LogP contribution in [0.15, 0.2) is 18.2 Å². The van der Waals surface area contributed by atoms with Gasteiger partial charge in [0.15, 0.2) is 0 Å². The molecule has 0 amide bonds. The first-order chi connectivity index (χ1) is 8.86. The minimum Gasteiger partial charge on any atom is -0.327 e. The fourth-order valence-electron chi connectivity index (χ4n) is 2.47. The highest BCUT2D eigenvalue weighted by molar-refractivity contribution is 5.31. The van der Waals surface area contributed by atoms with Gasteiger partial charge in [-0.2, -0.15) is 13.2 Å². The molecule has 1 aromatic carbocycles. The third kappa shape index (κ3) is 4.23. The third-order valence-corrected chi connectivity index (χ3v) is 3.69. The van der Waals surface area contributed by atoms with Crippen LogP contribution in [0.2, 0.25) is 0 Å². The molecule has 0 heterocycles. The zero-order valence-corrected chi connectivity index (χ0v) is 11.1. The van der Waals surface area contributed by atoms with Crippen LogP contribution < -0.4 is 5.73 Å². The predicted molar refractivity (Wildman–Crippen MR) is 69.8 cm³/mol. The molecule has 1 aliphatic carbocycles. The summed E-state index contributed by atoms with van der Waals surface area (Å²) < 4.78 is 38.1. The Hall–Kier alpha value is -1.03. The smallest absolute Gasteiger partial charge is 0.327 e. The number of aryl methyl sites for hydroxylation is 2. The Kier molecular flexibility index (Phi) is 4.19. The van der Waals surface area contributed by atoms with Crippen LogP contribution in [0.1, 0.15) is 42.4 Å². The lowest BCUT2D eigenvalue weighted by Gasteiger charge is -2.12. The SMILES string of the molecule is Cc1cc(CCCC(N)C2CC2)cc(C(F)(F)F)c1. The summed E-state index contributed by atoms with van der Waals surface area (Å²) in [4.78, 5) is 0. The Balaban J connectivity index is 1.93. The molecule has 0 bridgehead atoms. The maximum atomic E-state index is 12.7. The highest BCUT2D eigenvalue weighted by Gasteiger charge is 2.31. The van der Waals surface area contributed by atoms with Crippen molar-refractivity contribution >= 4 is 0 Å². The van der Waals surface area contributed by atoms with E-state index in [1.807, 2.05) is 6.07 Å². The molecule has 106 valence electrons. The van der Waals surface area contributed by atoms with Crippen molar-refractivity contribution in [2.45, 2.75) is 51.2 Å². The maximum Gasteiger partial charge on any atom is 0.416 e. The number of benzene rings is 1. The van der Waals surface area contributed by atoms with Gasteiger partial charge < -0.3 is 5.73 Å². The normalized spacial score (nSPS) is 17.5. The summed E-state index contributed by atoms with van der Waals surface area (Å²) >= 11 is 0. The molecule has 0 radical (unpaired) electrons. The van der Waals surface area contributed by atoms with Gasteiger partial charge in [0.25, 0.3) is 0 Å². The number of nitrogens with two attached hydrogens (primary N) is 1. The van der Waals surface area contributed by atoms with Gasteiger partial charge in [0.2, 0.25) is 0 Å². The molecule has 1 saturated carbocycles. The zero-order valence-electron chi connectivity index (χ0n) is 11.1. The van der Waals surface area contributed by atoms with Crippen LogP contribution in [0.3, 0.4) is 0 Å². The Bertz CT molecular complexity index is 436. The van der Waals surface area contributed by atoms with Crippen molar-refractivity contribution in [3.8, 4) is 0 Å². The van der Waals surface area contributed by atoms with E-state index in [0.29, 0.717) is 17.9 Å². The van der Waals surface area contributed by atoms with E-state index in [1.165, 1.54) is 25.0 Å². The van der Waals surface area contributed by atoms with Gasteiger partial charge in [-0.25, -0.2) is 0 Å². The van der Waals surface area contributed by atoms with E-state index in [4.69, 9.17) is 5.73 Å². The van der Waals surface area contributed by atoms with E-state index >= 15 is 0 Å². The van der Waals surface area contributed by atoms with Crippen LogP contribution >= 0.6 is 0 Å². The van der Waals surface area contributed by atoms with Gasteiger partial charge in [0.1, 0.15) is 0 Å². The molecule has 1 nitrogen and oxygen atoms in total. The molecule has 1 unspecified atom stereocenters. The van der Waals surface area contributed by atoms with Crippen LogP contribution in [-0.4, -0.2) is 6.04 Å². The second kappa shape index (κ2) is 5.53. The second-order valence-corrected chi connectivity index (χ2v) is 5.60. The van der Waals surface area contributed by atoms with E-state index in [9.17, 15) is 13.2 Å². The molecule has 0 aliphatic heterocycles. The van der Waals surface area contributed by atoms with Crippen LogP contribution in [0.4, 0.5) is 13.2 Å². The maximum absolute atomic E-state index is 12.7. The molecule has 19 heavy (non-hydrogen) atoms. The molecule has 4 heteroatoms. The summed E-state index contributed by atoms with van der Waals surface area (Å²) in [6.45, 7) is 1.70. The monoisotopic (exact) mass is 271 g/mol. The molecular weight excluding hydrogens is 251 g/mol. The lowest BCUT2D eigenvalue weighted by Crippen LogP contribution is -2.22. The first-order valence-corrected chi connectivity index (χ1v) is 6.79. The first-order valence-electron chi connectivity index (χ1n) is 6.79. The minimum absolute atomic E-state index is 0.229. The summed E-state index contributed by atoms with van der Waals surface area (Å²) in [5.41, 5.74) is 6.87. The lowest BCUT2D eigenvalue weighted by atomic mass is 9.99. The molecule has 0 spiro atoms. The van der Waals surface area contributed by atoms with Gasteiger partial charge in [0.05, 0.1) is 5.56 Å². The van der Waals surface area contributed by atoms with Gasteiger partial charge in [-0.15, -0.1) is 0 Å². The molecular formula is C15H20F3N. The van der Waals surface area contributed by atoms with Crippen LogP contribution in [0, 0.1) is 12.8 Å². The third-order valence-electron chi connectivity index (χ3n) is 3.69. The number of rotatable bonds is 5. The quantitative estimate of drug-likeness (QED) is 0.858. The average Bonchev–Trinajstić information content (AvgIpc) is 3.10. The molecule has 0 saturated heterocycles. The standard InChI is InChI=1S/C15H20F3N/c1-10-7-11(9-13(8-10)15(16,17)18)3-2-4-14(19)12-5-6-12/h7-9,12,14H,2-6,19H2,1H3. The van der Waals surface area contributed by atoms with Gasteiger partial charge in [-0.05, 0) is 62.6 Å². The largest absolute Gasteiger partial charge is 0.416 e. The van der Waals surface area contributed by atoms with Crippen molar-refractivity contribution < 1.29 is 13.2 Å². The van der Waals surface area contributed by atoms with Crippen molar-refractivity contribution in [3.63, 3.8) is 0 Å². The molecule has 0 aromatic heterocycles. The van der Waals surface area contributed by atoms with Crippen molar-refractivity contribution in [2.75, 3.05) is 0 Å². The number of hydrogen-bond acceptors (Lipinski definition) is 1. The van der Waals surface area contributed by atoms with Crippen molar-refractivity contribution in [2.24, 2.45) is 11.7 Å². The number of alkyl halides is 3. The summed E-state index contributed by atoms with van der Waals surface area (Å²) in [7, 11) is 0. The molecule has 1 aliphatic rings. The topological polar surface area (TPSA) is 26.0 Å². The minimum atomic E-state index is -4.26. The van der Waals surface area contributed by atoms with E-state index in [0.717, 1.165) is 18.4 Å². The highest BCUT2D eigenvalue weighted by Crippen LogP contribution is 2.34. The van der Waals surface area contributed by atoms with Crippen LogP contribution in [-0.2, 0) is 12.6 Å². The number of halogens is 3. The lowest BCUT2D eigenvalue weighted by molar-refractivity contribution is -0.137. The summed E-state index contributed by atoms with van der Waals surface area (Å²) in [6, 6.07) is 4.51. The molecule has 2 N–H and O–H groups in total. The summed E-state index contributed by atoms with van der Waals surface area (Å²) in [6.07, 6.45) is 0.600. The first kappa shape index (κ1) is 14.4. The Morgan fingerprint density at radius 3 is 2.53 bits per heavy atom. The highest BCUT2D eigenvalue weighted by atomic mass is 19.4. The van der Waals surface area contributed by atoms with E-state index in [2.05, 4.69) is 0 Å². The van der Waals surface area contributed by atoms with Gasteiger partial charge >= 0.3 is 6.18 Å². The van der Waals surface area contributed by atoms with E-state index in [1.54, 1.807) is 6.92 Å². The average molecular weight is 271 g/mol. The fraction of sp³-hybridized carbons (Fsp3) is 0.600. The Morgan fingerprint density at radius 2 is 1.95 bits per heavy atom. The van der Waals surface area contributed by atoms with Crippen molar-refractivity contribution in [1.82, 2.24) is 0 Å². The Labute approximate surface area is 112 Å². The predicted octanol–water partition coefficient (Wildman–Crippen LogP) is 4.07. The van der Waals surface area contributed by atoms with Crippen molar-refractivity contribution in [3.05, 3.63) is 34.9 Å². The van der Waals surface area contributed by atoms with E-state index in [-0.39, 0.29) is 6.04 Å². The Morgan fingerprint density at radius 1 is 1.26 bits per heavy atom. The van der Waals surface area contributed by atoms with Crippen molar-refractivity contribution in [1.29, 1.82) is 0 Å². The van der Waals surface area contributed by atoms with Crippen LogP contribution in [0.25, 0.3) is 0 Å². The fourth-order valence-corrected chi connectivity index (χ4v) is 2.47. The van der Waals surface area contributed by atoms with Gasteiger partial charge in [0, 0.05) is 6.04 Å². The molecule has 2 rings (SSSR count). The zero-order chi connectivity index (χ0) is 14.0. The second-order valence-electron chi connectivity index (χ2n) is 5.60. The van der Waals surface area contributed by atoms with E-state index < -0.39 is 11.7 Å². The van der Waals surface area contributed by atoms with Gasteiger partial charge in [-0.3, -0.25) is 0 Å². The van der Waals surface area contributed by atoms with Gasteiger partial charge in [-0.1, -0.05) is 11.6 Å². The summed E-state index contributed by atoms with van der Waals surface area (Å²) in [5, 5.41) is 0. The molecule has 1 fully saturated rings. The summed E-state index contributed by atoms with van der Waals surface area (Å²) in [5.74, 6) is 0.656. The molecule has 1 aromatic rings. The van der Waals surface area contributed by atoms with Crippen LogP contribution in [0.5, 0.6) is 0 Å². The number of hydrogen-bond donors (Lipinski definition) is 1.